The first-order chi connectivity index (χ1) is 9.76. The fourth-order valence-electron chi connectivity index (χ4n) is 1.46. The Labute approximate surface area is 131 Å². The van der Waals surface area contributed by atoms with Crippen LogP contribution in [0.25, 0.3) is 0 Å². The molecule has 6 heteroatoms. The first-order valence-corrected chi connectivity index (χ1v) is 10.4. The molecular formula is C15H19ClN2O2Si. The minimum Gasteiger partial charge on any atom is -0.394 e. The molecule has 1 unspecified atom stereocenters. The van der Waals surface area contributed by atoms with Crippen LogP contribution in [0.5, 0.6) is 0 Å². The second-order valence-electron chi connectivity index (χ2n) is 5.71. The lowest BCUT2D eigenvalue weighted by Gasteiger charge is -2.13. The van der Waals surface area contributed by atoms with E-state index in [1.165, 1.54) is 0 Å². The van der Waals surface area contributed by atoms with Crippen molar-refractivity contribution >= 4 is 25.4 Å². The van der Waals surface area contributed by atoms with Crippen LogP contribution in [0.4, 0.5) is 5.69 Å². The lowest BCUT2D eigenvalue weighted by Crippen LogP contribution is -2.23. The average Bonchev–Trinajstić information content (AvgIpc) is 2.42. The molecule has 1 aromatic carbocycles. The highest BCUT2D eigenvalue weighted by atomic mass is 35.5. The van der Waals surface area contributed by atoms with Crippen molar-refractivity contribution in [1.82, 2.24) is 0 Å². The van der Waals surface area contributed by atoms with E-state index in [1.54, 1.807) is 12.1 Å². The summed E-state index contributed by atoms with van der Waals surface area (Å²) in [5, 5.41) is 30.6. The molecule has 0 aliphatic heterocycles. The fraction of sp³-hybridized carbons (Fsp3) is 0.400. The summed E-state index contributed by atoms with van der Waals surface area (Å²) in [6, 6.07) is 5.30. The zero-order valence-electron chi connectivity index (χ0n) is 12.4. The lowest BCUT2D eigenvalue weighted by atomic mass is 10.1. The van der Waals surface area contributed by atoms with Gasteiger partial charge in [-0.05, 0) is 12.1 Å². The number of hydrogen-bond donors (Lipinski definition) is 3. The smallest absolute Gasteiger partial charge is 0.129 e. The lowest BCUT2D eigenvalue weighted by molar-refractivity contribution is 0.105. The quantitative estimate of drug-likeness (QED) is 0.587. The number of hydrogen-bond acceptors (Lipinski definition) is 4. The summed E-state index contributed by atoms with van der Waals surface area (Å²) in [6.45, 7) is 6.24. The fourth-order valence-corrected chi connectivity index (χ4v) is 2.17. The molecule has 21 heavy (non-hydrogen) atoms. The van der Waals surface area contributed by atoms with Crippen molar-refractivity contribution in [3.63, 3.8) is 0 Å². The van der Waals surface area contributed by atoms with Gasteiger partial charge >= 0.3 is 0 Å². The van der Waals surface area contributed by atoms with Crippen LogP contribution in [-0.4, -0.2) is 37.5 Å². The van der Waals surface area contributed by atoms with Crippen LogP contribution in [0.2, 0.25) is 24.7 Å². The number of halogens is 1. The molecule has 0 spiro atoms. The Morgan fingerprint density at radius 1 is 1.33 bits per heavy atom. The van der Waals surface area contributed by atoms with E-state index in [-0.39, 0.29) is 13.2 Å². The van der Waals surface area contributed by atoms with Crippen LogP contribution in [0, 0.1) is 22.8 Å². The number of aliphatic hydroxyl groups excluding tert-OH is 2. The van der Waals surface area contributed by atoms with E-state index in [1.807, 2.05) is 6.07 Å². The molecule has 1 aromatic rings. The van der Waals surface area contributed by atoms with Crippen LogP contribution >= 0.6 is 11.6 Å². The summed E-state index contributed by atoms with van der Waals surface area (Å²) in [4.78, 5) is 0. The molecule has 0 aliphatic rings. The second-order valence-corrected chi connectivity index (χ2v) is 10.9. The third kappa shape index (κ3) is 5.79. The predicted molar refractivity (Wildman–Crippen MR) is 88.0 cm³/mol. The summed E-state index contributed by atoms with van der Waals surface area (Å²) in [6.07, 6.45) is -0.864. The Morgan fingerprint density at radius 2 is 2.00 bits per heavy atom. The molecule has 0 aliphatic carbocycles. The third-order valence-electron chi connectivity index (χ3n) is 2.54. The van der Waals surface area contributed by atoms with Gasteiger partial charge < -0.3 is 15.5 Å². The Hall–Kier alpha value is -1.50. The summed E-state index contributed by atoms with van der Waals surface area (Å²) in [5.74, 6) is 3.09. The van der Waals surface area contributed by atoms with Gasteiger partial charge in [0.1, 0.15) is 14.1 Å². The van der Waals surface area contributed by atoms with Crippen molar-refractivity contribution in [2.45, 2.75) is 25.7 Å². The number of aliphatic hydroxyl groups is 2. The number of anilines is 1. The van der Waals surface area contributed by atoms with Crippen molar-refractivity contribution in [3.05, 3.63) is 28.3 Å². The molecule has 112 valence electrons. The van der Waals surface area contributed by atoms with Crippen molar-refractivity contribution < 1.29 is 10.2 Å². The first kappa shape index (κ1) is 17.5. The van der Waals surface area contributed by atoms with Gasteiger partial charge in [-0.1, -0.05) is 37.2 Å². The Bertz CT molecular complexity index is 609. The molecule has 0 saturated carbocycles. The monoisotopic (exact) mass is 322 g/mol. The summed E-state index contributed by atoms with van der Waals surface area (Å²) in [5.41, 5.74) is 4.92. The minimum absolute atomic E-state index is 0.181. The van der Waals surface area contributed by atoms with E-state index in [0.717, 1.165) is 0 Å². The van der Waals surface area contributed by atoms with Crippen molar-refractivity contribution in [2.75, 3.05) is 18.5 Å². The van der Waals surface area contributed by atoms with Gasteiger partial charge in [0.25, 0.3) is 0 Å². The number of rotatable bonds is 4. The second kappa shape index (κ2) is 7.49. The summed E-state index contributed by atoms with van der Waals surface area (Å²) >= 11 is 6.03. The molecule has 0 aromatic heterocycles. The van der Waals surface area contributed by atoms with Gasteiger partial charge in [-0.15, -0.1) is 5.54 Å². The number of nitrogens with one attached hydrogen (secondary N) is 1. The van der Waals surface area contributed by atoms with Gasteiger partial charge in [0.15, 0.2) is 0 Å². The maximum Gasteiger partial charge on any atom is 0.129 e. The van der Waals surface area contributed by atoms with Gasteiger partial charge in [0, 0.05) is 12.1 Å². The molecule has 0 amide bonds. The minimum atomic E-state index is -1.55. The van der Waals surface area contributed by atoms with Crippen LogP contribution in [0.3, 0.4) is 0 Å². The Balaban J connectivity index is 3.17. The standard InChI is InChI=1S/C15H19ClN2O2Si/c1-21(2,3)5-4-11-6-12(8-17)14(16)7-15(11)18-9-13(20)10-19/h6-7,13,18-20H,9-10H2,1-3H3. The molecule has 0 fully saturated rings. The van der Waals surface area contributed by atoms with E-state index >= 15 is 0 Å². The molecule has 1 rings (SSSR count). The van der Waals surface area contributed by atoms with Crippen LogP contribution in [0.1, 0.15) is 11.1 Å². The Morgan fingerprint density at radius 3 is 2.52 bits per heavy atom. The predicted octanol–water partition coefficient (Wildman–Crippen LogP) is 2.21. The molecule has 0 bridgehead atoms. The third-order valence-corrected chi connectivity index (χ3v) is 3.73. The van der Waals surface area contributed by atoms with Crippen LogP contribution < -0.4 is 5.32 Å². The van der Waals surface area contributed by atoms with Gasteiger partial charge in [-0.3, -0.25) is 0 Å². The highest BCUT2D eigenvalue weighted by Gasteiger charge is 2.11. The molecule has 1 atom stereocenters. The molecule has 0 radical (unpaired) electrons. The maximum atomic E-state index is 9.41. The molecule has 0 saturated heterocycles. The number of benzene rings is 1. The van der Waals surface area contributed by atoms with Crippen LogP contribution in [-0.2, 0) is 0 Å². The normalized spacial score (nSPS) is 12.0. The number of nitrogens with zero attached hydrogens (tertiary/aromatic N) is 1. The van der Waals surface area contributed by atoms with E-state index in [9.17, 15) is 5.11 Å². The van der Waals surface area contributed by atoms with E-state index in [2.05, 4.69) is 36.4 Å². The summed E-state index contributed by atoms with van der Waals surface area (Å²) in [7, 11) is -1.55. The SMILES string of the molecule is C[Si](C)(C)C#Cc1cc(C#N)c(Cl)cc1NCC(O)CO. The van der Waals surface area contributed by atoms with Gasteiger partial charge in [-0.2, -0.15) is 5.26 Å². The zero-order chi connectivity index (χ0) is 16.0. The van der Waals surface area contributed by atoms with Gasteiger partial charge in [0.2, 0.25) is 0 Å². The topological polar surface area (TPSA) is 76.3 Å². The van der Waals surface area contributed by atoms with Crippen molar-refractivity contribution in [1.29, 1.82) is 5.26 Å². The largest absolute Gasteiger partial charge is 0.394 e. The van der Waals surface area contributed by atoms with Gasteiger partial charge in [-0.25, -0.2) is 0 Å². The van der Waals surface area contributed by atoms with Gasteiger partial charge in [0.05, 0.1) is 29.0 Å². The molecule has 4 nitrogen and oxygen atoms in total. The molecule has 3 N–H and O–H groups in total. The van der Waals surface area contributed by atoms with Crippen LogP contribution in [0.15, 0.2) is 12.1 Å². The average molecular weight is 323 g/mol. The van der Waals surface area contributed by atoms with E-state index in [4.69, 9.17) is 22.0 Å². The molecule has 0 heterocycles. The van der Waals surface area contributed by atoms with E-state index < -0.39 is 14.2 Å². The summed E-state index contributed by atoms with van der Waals surface area (Å²) < 4.78 is 0. The van der Waals surface area contributed by atoms with Crippen molar-refractivity contribution in [2.24, 2.45) is 0 Å². The molecular weight excluding hydrogens is 304 g/mol. The number of nitriles is 1. The first-order valence-electron chi connectivity index (χ1n) is 6.56. The zero-order valence-corrected chi connectivity index (χ0v) is 14.1. The van der Waals surface area contributed by atoms with Crippen molar-refractivity contribution in [3.8, 4) is 17.5 Å². The van der Waals surface area contributed by atoms with E-state index in [0.29, 0.717) is 21.8 Å². The highest BCUT2D eigenvalue weighted by molar-refractivity contribution is 6.83. The maximum absolute atomic E-state index is 9.41. The highest BCUT2D eigenvalue weighted by Crippen LogP contribution is 2.25. The Kier molecular flexibility index (Phi) is 6.26.